The maximum atomic E-state index is 11.6. The van der Waals surface area contributed by atoms with Crippen molar-refractivity contribution in [1.82, 2.24) is 10.2 Å². The van der Waals surface area contributed by atoms with Crippen molar-refractivity contribution in [1.29, 1.82) is 0 Å². The van der Waals surface area contributed by atoms with Gasteiger partial charge in [-0.2, -0.15) is 0 Å². The van der Waals surface area contributed by atoms with Gasteiger partial charge in [0.2, 0.25) is 6.41 Å². The molecule has 1 N–H and O–H groups in total. The number of morpholine rings is 1. The average Bonchev–Trinajstić information content (AvgIpc) is 2.56. The molecule has 2 aliphatic heterocycles. The number of amides is 1. The Morgan fingerprint density at radius 3 is 2.56 bits per heavy atom. The van der Waals surface area contributed by atoms with Crippen LogP contribution in [0.5, 0.6) is 0 Å². The molecular weight excluding hydrogens is 232 g/mol. The van der Waals surface area contributed by atoms with Gasteiger partial charge in [0.05, 0.1) is 30.8 Å². The fraction of sp³-hybridized carbons (Fsp3) is 0.889. The summed E-state index contributed by atoms with van der Waals surface area (Å²) >= 11 is 0. The molecule has 0 radical (unpaired) electrons. The van der Waals surface area contributed by atoms with Crippen molar-refractivity contribution in [3.05, 3.63) is 0 Å². The summed E-state index contributed by atoms with van der Waals surface area (Å²) in [5.74, 6) is 0.187. The van der Waals surface area contributed by atoms with E-state index in [-0.39, 0.29) is 23.6 Å². The summed E-state index contributed by atoms with van der Waals surface area (Å²) in [6.07, 6.45) is 0.582. The summed E-state index contributed by atoms with van der Waals surface area (Å²) in [5.41, 5.74) is 0. The zero-order valence-electron chi connectivity index (χ0n) is 8.96. The third kappa shape index (κ3) is 2.53. The standard InChI is InChI=1S/C9H16N2O4S/c12-7-10-8-5-16(13,14)6-9(8)11-1-3-15-4-2-11/h7-9H,1-6H2,(H,10,12)/t8-,9-/m1/s1. The van der Waals surface area contributed by atoms with E-state index < -0.39 is 9.84 Å². The minimum absolute atomic E-state index is 0.0494. The summed E-state index contributed by atoms with van der Waals surface area (Å²) in [5, 5.41) is 2.61. The summed E-state index contributed by atoms with van der Waals surface area (Å²) in [6.45, 7) is 2.73. The van der Waals surface area contributed by atoms with Crippen molar-refractivity contribution in [2.45, 2.75) is 12.1 Å². The van der Waals surface area contributed by atoms with Gasteiger partial charge in [-0.15, -0.1) is 0 Å². The van der Waals surface area contributed by atoms with E-state index in [4.69, 9.17) is 4.74 Å². The third-order valence-corrected chi connectivity index (χ3v) is 4.84. The van der Waals surface area contributed by atoms with E-state index in [1.54, 1.807) is 0 Å². The molecule has 2 heterocycles. The Balaban J connectivity index is 2.07. The number of sulfone groups is 1. The molecule has 0 aromatic heterocycles. The molecule has 2 rings (SSSR count). The van der Waals surface area contributed by atoms with Gasteiger partial charge in [-0.25, -0.2) is 8.42 Å². The lowest BCUT2D eigenvalue weighted by Crippen LogP contribution is -2.52. The number of carbonyl (C=O) groups excluding carboxylic acids is 1. The van der Waals surface area contributed by atoms with Crippen molar-refractivity contribution in [2.24, 2.45) is 0 Å². The molecule has 0 bridgehead atoms. The third-order valence-electron chi connectivity index (χ3n) is 3.12. The molecule has 0 spiro atoms. The second kappa shape index (κ2) is 4.68. The predicted molar refractivity (Wildman–Crippen MR) is 57.8 cm³/mol. The lowest BCUT2D eigenvalue weighted by molar-refractivity contribution is -0.110. The molecule has 0 aromatic carbocycles. The molecule has 2 saturated heterocycles. The predicted octanol–water partition coefficient (Wildman–Crippen LogP) is -1.77. The van der Waals surface area contributed by atoms with Crippen molar-refractivity contribution < 1.29 is 17.9 Å². The van der Waals surface area contributed by atoms with Crippen LogP contribution in [0.1, 0.15) is 0 Å². The van der Waals surface area contributed by atoms with E-state index in [1.807, 2.05) is 0 Å². The second-order valence-electron chi connectivity index (χ2n) is 4.18. The van der Waals surface area contributed by atoms with Crippen LogP contribution in [-0.2, 0) is 19.4 Å². The van der Waals surface area contributed by atoms with Crippen molar-refractivity contribution >= 4 is 16.2 Å². The molecule has 1 amide bonds. The fourth-order valence-corrected chi connectivity index (χ4v) is 4.31. The largest absolute Gasteiger partial charge is 0.379 e. The minimum Gasteiger partial charge on any atom is -0.379 e. The smallest absolute Gasteiger partial charge is 0.207 e. The van der Waals surface area contributed by atoms with E-state index in [9.17, 15) is 13.2 Å². The molecule has 2 aliphatic rings. The summed E-state index contributed by atoms with van der Waals surface area (Å²) in [6, 6.07) is -0.375. The Morgan fingerprint density at radius 1 is 1.25 bits per heavy atom. The van der Waals surface area contributed by atoms with Crippen LogP contribution < -0.4 is 5.32 Å². The molecule has 0 saturated carbocycles. The van der Waals surface area contributed by atoms with Gasteiger partial charge >= 0.3 is 0 Å². The molecule has 2 atom stereocenters. The number of nitrogens with one attached hydrogen (secondary N) is 1. The highest BCUT2D eigenvalue weighted by molar-refractivity contribution is 7.91. The highest BCUT2D eigenvalue weighted by Crippen LogP contribution is 2.19. The van der Waals surface area contributed by atoms with Crippen LogP contribution >= 0.6 is 0 Å². The van der Waals surface area contributed by atoms with E-state index in [0.29, 0.717) is 19.6 Å². The van der Waals surface area contributed by atoms with Gasteiger partial charge in [-0.05, 0) is 0 Å². The topological polar surface area (TPSA) is 75.7 Å². The lowest BCUT2D eigenvalue weighted by atomic mass is 10.1. The van der Waals surface area contributed by atoms with Gasteiger partial charge in [0.1, 0.15) is 0 Å². The van der Waals surface area contributed by atoms with Crippen LogP contribution in [0.3, 0.4) is 0 Å². The van der Waals surface area contributed by atoms with Gasteiger partial charge < -0.3 is 10.1 Å². The van der Waals surface area contributed by atoms with Gasteiger partial charge in [-0.3, -0.25) is 9.69 Å². The molecule has 92 valence electrons. The normalized spacial score (nSPS) is 34.8. The number of ether oxygens (including phenoxy) is 1. The molecule has 0 unspecified atom stereocenters. The maximum Gasteiger partial charge on any atom is 0.207 e. The van der Waals surface area contributed by atoms with Gasteiger partial charge in [0.15, 0.2) is 9.84 Å². The number of carbonyl (C=O) groups is 1. The SMILES string of the molecule is O=CN[C@@H]1CS(=O)(=O)C[C@H]1N1CCOCC1. The van der Waals surface area contributed by atoms with Crippen LogP contribution in [0.4, 0.5) is 0 Å². The Kier molecular flexibility index (Phi) is 3.46. The zero-order chi connectivity index (χ0) is 11.6. The molecule has 16 heavy (non-hydrogen) atoms. The monoisotopic (exact) mass is 248 g/mol. The molecular formula is C9H16N2O4S. The number of rotatable bonds is 3. The van der Waals surface area contributed by atoms with E-state index in [1.165, 1.54) is 0 Å². The van der Waals surface area contributed by atoms with E-state index in [2.05, 4.69) is 10.2 Å². The quantitative estimate of drug-likeness (QED) is 0.598. The Labute approximate surface area is 94.9 Å². The van der Waals surface area contributed by atoms with E-state index >= 15 is 0 Å². The summed E-state index contributed by atoms with van der Waals surface area (Å²) in [4.78, 5) is 12.5. The molecule has 0 aromatic rings. The maximum absolute atomic E-state index is 11.6. The zero-order valence-corrected chi connectivity index (χ0v) is 9.78. The first-order chi connectivity index (χ1) is 7.62. The van der Waals surface area contributed by atoms with Crippen LogP contribution in [0.15, 0.2) is 0 Å². The van der Waals surface area contributed by atoms with Crippen molar-refractivity contribution in [3.8, 4) is 0 Å². The molecule has 2 fully saturated rings. The van der Waals surface area contributed by atoms with Crippen LogP contribution in [0.2, 0.25) is 0 Å². The number of hydrogen-bond acceptors (Lipinski definition) is 5. The van der Waals surface area contributed by atoms with Gasteiger partial charge in [0.25, 0.3) is 0 Å². The van der Waals surface area contributed by atoms with Gasteiger partial charge in [0, 0.05) is 19.1 Å². The van der Waals surface area contributed by atoms with Crippen LogP contribution in [0.25, 0.3) is 0 Å². The van der Waals surface area contributed by atoms with Gasteiger partial charge in [-0.1, -0.05) is 0 Å². The second-order valence-corrected chi connectivity index (χ2v) is 6.34. The lowest BCUT2D eigenvalue weighted by Gasteiger charge is -2.34. The summed E-state index contributed by atoms with van der Waals surface area (Å²) in [7, 11) is -3.02. The highest BCUT2D eigenvalue weighted by atomic mass is 32.2. The average molecular weight is 248 g/mol. The fourth-order valence-electron chi connectivity index (χ4n) is 2.34. The Bertz CT molecular complexity index is 351. The summed E-state index contributed by atoms with van der Waals surface area (Å²) < 4.78 is 28.3. The molecule has 7 heteroatoms. The Morgan fingerprint density at radius 2 is 1.94 bits per heavy atom. The minimum atomic E-state index is -3.02. The first-order valence-electron chi connectivity index (χ1n) is 5.34. The van der Waals surface area contributed by atoms with Crippen molar-refractivity contribution in [3.63, 3.8) is 0 Å². The molecule has 0 aliphatic carbocycles. The highest BCUT2D eigenvalue weighted by Gasteiger charge is 2.41. The van der Waals surface area contributed by atoms with Crippen molar-refractivity contribution in [2.75, 3.05) is 37.8 Å². The first-order valence-corrected chi connectivity index (χ1v) is 7.16. The number of nitrogens with zero attached hydrogens (tertiary/aromatic N) is 1. The van der Waals surface area contributed by atoms with Crippen LogP contribution in [-0.4, -0.2) is 69.6 Å². The van der Waals surface area contributed by atoms with Crippen LogP contribution in [0, 0.1) is 0 Å². The Hall–Kier alpha value is -0.660. The number of hydrogen-bond donors (Lipinski definition) is 1. The molecule has 6 nitrogen and oxygen atoms in total. The first kappa shape index (κ1) is 11.8. The van der Waals surface area contributed by atoms with E-state index in [0.717, 1.165) is 13.1 Å².